The fourth-order valence-electron chi connectivity index (χ4n) is 2.68. The van der Waals surface area contributed by atoms with Crippen LogP contribution >= 0.6 is 11.6 Å². The van der Waals surface area contributed by atoms with E-state index in [2.05, 4.69) is 5.32 Å². The summed E-state index contributed by atoms with van der Waals surface area (Å²) in [6.45, 7) is 3.57. The lowest BCUT2D eigenvalue weighted by Crippen LogP contribution is -2.14. The number of anilines is 1. The van der Waals surface area contributed by atoms with Crippen molar-refractivity contribution < 1.29 is 23.8 Å². The summed E-state index contributed by atoms with van der Waals surface area (Å²) in [5, 5.41) is 3.25. The minimum atomic E-state index is -0.410. The quantitative estimate of drug-likeness (QED) is 0.710. The van der Waals surface area contributed by atoms with Crippen molar-refractivity contribution in [1.82, 2.24) is 0 Å². The molecule has 2 aromatic rings. The molecule has 1 amide bonds. The molecule has 0 aromatic heterocycles. The van der Waals surface area contributed by atoms with Crippen LogP contribution in [-0.4, -0.2) is 25.1 Å². The van der Waals surface area contributed by atoms with Crippen molar-refractivity contribution in [3.8, 4) is 11.5 Å². The highest BCUT2D eigenvalue weighted by Gasteiger charge is 2.17. The maximum Gasteiger partial charge on any atom is 0.338 e. The number of halogens is 1. The molecule has 3 rings (SSSR count). The third-order valence-corrected chi connectivity index (χ3v) is 4.21. The average Bonchev–Trinajstić information content (AvgIpc) is 2.89. The third kappa shape index (κ3) is 4.97. The van der Waals surface area contributed by atoms with Gasteiger partial charge in [-0.2, -0.15) is 0 Å². The van der Waals surface area contributed by atoms with E-state index >= 15 is 0 Å². The SMILES string of the molecule is COc1cc(Cl)cc2c1OC=CC(C(=O)Nc1ccc(C(=O)OC(C)C)cc1)=C2. The number of hydrogen-bond donors (Lipinski definition) is 1. The lowest BCUT2D eigenvalue weighted by Gasteiger charge is -2.10. The lowest BCUT2D eigenvalue weighted by molar-refractivity contribution is -0.112. The average molecular weight is 414 g/mol. The van der Waals surface area contributed by atoms with Crippen molar-refractivity contribution in [2.24, 2.45) is 0 Å². The van der Waals surface area contributed by atoms with Crippen LogP contribution in [0.5, 0.6) is 11.5 Å². The third-order valence-electron chi connectivity index (χ3n) is 4.00. The predicted octanol–water partition coefficient (Wildman–Crippen LogP) is 4.84. The fraction of sp³-hybridized carbons (Fsp3) is 0.182. The Morgan fingerprint density at radius 3 is 2.52 bits per heavy atom. The van der Waals surface area contributed by atoms with E-state index < -0.39 is 5.97 Å². The van der Waals surface area contributed by atoms with Crippen molar-refractivity contribution in [2.45, 2.75) is 20.0 Å². The van der Waals surface area contributed by atoms with Gasteiger partial charge in [0.2, 0.25) is 0 Å². The molecule has 150 valence electrons. The highest BCUT2D eigenvalue weighted by molar-refractivity contribution is 6.31. The molecule has 0 unspecified atom stereocenters. The number of rotatable bonds is 5. The lowest BCUT2D eigenvalue weighted by atomic mass is 10.1. The highest BCUT2D eigenvalue weighted by Crippen LogP contribution is 2.37. The Bertz CT molecular complexity index is 993. The molecule has 7 heteroatoms. The molecule has 0 aliphatic carbocycles. The topological polar surface area (TPSA) is 73.9 Å². The molecular formula is C22H20ClNO5. The summed E-state index contributed by atoms with van der Waals surface area (Å²) < 4.78 is 16.0. The number of ether oxygens (including phenoxy) is 3. The summed E-state index contributed by atoms with van der Waals surface area (Å²) in [5.74, 6) is 0.198. The molecule has 0 saturated carbocycles. The van der Waals surface area contributed by atoms with E-state index in [0.717, 1.165) is 0 Å². The first-order valence-electron chi connectivity index (χ1n) is 8.92. The Morgan fingerprint density at radius 1 is 1.14 bits per heavy atom. The van der Waals surface area contributed by atoms with Gasteiger partial charge in [0.1, 0.15) is 0 Å². The highest BCUT2D eigenvalue weighted by atomic mass is 35.5. The van der Waals surface area contributed by atoms with E-state index in [-0.39, 0.29) is 12.0 Å². The molecule has 0 spiro atoms. The van der Waals surface area contributed by atoms with Crippen molar-refractivity contribution in [1.29, 1.82) is 0 Å². The van der Waals surface area contributed by atoms with Crippen molar-refractivity contribution in [3.05, 3.63) is 70.5 Å². The van der Waals surface area contributed by atoms with Crippen LogP contribution in [0.25, 0.3) is 6.08 Å². The second-order valence-corrected chi connectivity index (χ2v) is 6.97. The summed E-state index contributed by atoms with van der Waals surface area (Å²) in [7, 11) is 1.52. The standard InChI is InChI=1S/C22H20ClNO5/c1-13(2)29-22(26)14-4-6-18(7-5-14)24-21(25)15-8-9-28-20-16(10-15)11-17(23)12-19(20)27-3/h4-13H,1-3H3,(H,24,25). The van der Waals surface area contributed by atoms with Gasteiger partial charge in [0.15, 0.2) is 11.5 Å². The van der Waals surface area contributed by atoms with Crippen molar-refractivity contribution in [3.63, 3.8) is 0 Å². The number of benzene rings is 2. The molecule has 0 atom stereocenters. The van der Waals surface area contributed by atoms with E-state index in [1.54, 1.807) is 62.4 Å². The second kappa shape index (κ2) is 8.84. The Balaban J connectivity index is 1.78. The van der Waals surface area contributed by atoms with Crippen LogP contribution in [0.3, 0.4) is 0 Å². The Hall–Kier alpha value is -3.25. The van der Waals surface area contributed by atoms with E-state index in [0.29, 0.717) is 38.9 Å². The first kappa shape index (κ1) is 20.5. The smallest absolute Gasteiger partial charge is 0.338 e. The van der Waals surface area contributed by atoms with Gasteiger partial charge in [0.05, 0.1) is 25.0 Å². The molecule has 1 aliphatic heterocycles. The van der Waals surface area contributed by atoms with Gasteiger partial charge in [-0.15, -0.1) is 0 Å². The van der Waals surface area contributed by atoms with Gasteiger partial charge in [0.25, 0.3) is 5.91 Å². The first-order valence-corrected chi connectivity index (χ1v) is 9.30. The van der Waals surface area contributed by atoms with Gasteiger partial charge in [0, 0.05) is 27.9 Å². The summed E-state index contributed by atoms with van der Waals surface area (Å²) in [4.78, 5) is 24.6. The number of carbonyl (C=O) groups excluding carboxylic acids is 2. The number of carbonyl (C=O) groups is 2. The Labute approximate surface area is 173 Å². The van der Waals surface area contributed by atoms with Crippen LogP contribution in [-0.2, 0) is 9.53 Å². The Kier molecular flexibility index (Phi) is 6.24. The first-order chi connectivity index (χ1) is 13.9. The maximum absolute atomic E-state index is 12.7. The summed E-state index contributed by atoms with van der Waals surface area (Å²) >= 11 is 6.12. The van der Waals surface area contributed by atoms with Gasteiger partial charge in [-0.1, -0.05) is 11.6 Å². The normalized spacial score (nSPS) is 12.4. The summed E-state index contributed by atoms with van der Waals surface area (Å²) in [6.07, 6.45) is 4.43. The summed E-state index contributed by atoms with van der Waals surface area (Å²) in [5.41, 5.74) is 1.95. The zero-order valence-electron chi connectivity index (χ0n) is 16.2. The number of nitrogens with one attached hydrogen (secondary N) is 1. The molecule has 0 bridgehead atoms. The largest absolute Gasteiger partial charge is 0.493 e. The van der Waals surface area contributed by atoms with Crippen molar-refractivity contribution in [2.75, 3.05) is 12.4 Å². The van der Waals surface area contributed by atoms with Crippen LogP contribution in [0, 0.1) is 0 Å². The van der Waals surface area contributed by atoms with E-state index in [9.17, 15) is 9.59 Å². The number of amides is 1. The molecule has 0 fully saturated rings. The minimum absolute atomic E-state index is 0.201. The molecule has 2 aromatic carbocycles. The number of methoxy groups -OCH3 is 1. The number of hydrogen-bond acceptors (Lipinski definition) is 5. The minimum Gasteiger partial charge on any atom is -0.493 e. The van der Waals surface area contributed by atoms with E-state index in [1.807, 2.05) is 0 Å². The predicted molar refractivity (Wildman–Crippen MR) is 111 cm³/mol. The van der Waals surface area contributed by atoms with Crippen LogP contribution in [0.4, 0.5) is 5.69 Å². The van der Waals surface area contributed by atoms with E-state index in [4.69, 9.17) is 25.8 Å². The van der Waals surface area contributed by atoms with Gasteiger partial charge in [-0.25, -0.2) is 4.79 Å². The van der Waals surface area contributed by atoms with Crippen LogP contribution in [0.1, 0.15) is 29.8 Å². The molecule has 1 heterocycles. The molecule has 0 radical (unpaired) electrons. The Morgan fingerprint density at radius 2 is 1.86 bits per heavy atom. The molecule has 29 heavy (non-hydrogen) atoms. The molecule has 6 nitrogen and oxygen atoms in total. The zero-order chi connectivity index (χ0) is 21.0. The maximum atomic E-state index is 12.7. The van der Waals surface area contributed by atoms with Gasteiger partial charge in [-0.3, -0.25) is 4.79 Å². The van der Waals surface area contributed by atoms with Crippen LogP contribution in [0.15, 0.2) is 54.3 Å². The van der Waals surface area contributed by atoms with Gasteiger partial charge >= 0.3 is 5.97 Å². The molecule has 1 aliphatic rings. The molecule has 0 saturated heterocycles. The van der Waals surface area contributed by atoms with Crippen molar-refractivity contribution >= 4 is 35.2 Å². The molecular weight excluding hydrogens is 394 g/mol. The number of esters is 1. The molecule has 1 N–H and O–H groups in total. The van der Waals surface area contributed by atoms with Gasteiger partial charge in [-0.05, 0) is 56.3 Å². The summed E-state index contributed by atoms with van der Waals surface area (Å²) in [6, 6.07) is 9.80. The van der Waals surface area contributed by atoms with E-state index in [1.165, 1.54) is 13.4 Å². The van der Waals surface area contributed by atoms with Crippen LogP contribution in [0.2, 0.25) is 5.02 Å². The number of fused-ring (bicyclic) bond motifs is 1. The fourth-order valence-corrected chi connectivity index (χ4v) is 2.90. The van der Waals surface area contributed by atoms with Gasteiger partial charge < -0.3 is 19.5 Å². The van der Waals surface area contributed by atoms with Crippen LogP contribution < -0.4 is 14.8 Å². The zero-order valence-corrected chi connectivity index (χ0v) is 16.9. The monoisotopic (exact) mass is 413 g/mol. The second-order valence-electron chi connectivity index (χ2n) is 6.53.